The zero-order chi connectivity index (χ0) is 16.7. The molecule has 1 atom stereocenters. The minimum Gasteiger partial charge on any atom is -0.336 e. The summed E-state index contributed by atoms with van der Waals surface area (Å²) in [5, 5.41) is 5.81. The lowest BCUT2D eigenvalue weighted by molar-refractivity contribution is 0.242. The molecule has 23 heavy (non-hydrogen) atoms. The Bertz CT molecular complexity index is 592. The lowest BCUT2D eigenvalue weighted by Crippen LogP contribution is -2.42. The van der Waals surface area contributed by atoms with Crippen LogP contribution in [0.1, 0.15) is 25.0 Å². The number of hydrogen-bond donors (Lipinski definition) is 2. The van der Waals surface area contributed by atoms with Gasteiger partial charge in [-0.3, -0.25) is 4.98 Å². The summed E-state index contributed by atoms with van der Waals surface area (Å²) in [6.45, 7) is 2.48. The molecule has 2 rings (SSSR count). The number of aromatic nitrogens is 1. The van der Waals surface area contributed by atoms with Gasteiger partial charge in [0.25, 0.3) is 0 Å². The molecule has 1 heterocycles. The van der Waals surface area contributed by atoms with Gasteiger partial charge in [0.05, 0.1) is 11.4 Å². The zero-order valence-corrected chi connectivity index (χ0v) is 14.2. The molecule has 0 spiro atoms. The Morgan fingerprint density at radius 3 is 2.87 bits per heavy atom. The van der Waals surface area contributed by atoms with E-state index in [9.17, 15) is 4.79 Å². The maximum atomic E-state index is 12.1. The van der Waals surface area contributed by atoms with E-state index in [-0.39, 0.29) is 12.1 Å². The third-order valence-electron chi connectivity index (χ3n) is 4.03. The van der Waals surface area contributed by atoms with Crippen molar-refractivity contribution in [1.29, 1.82) is 0 Å². The van der Waals surface area contributed by atoms with E-state index in [1.807, 2.05) is 33.2 Å². The van der Waals surface area contributed by atoms with E-state index in [0.29, 0.717) is 6.54 Å². The molecule has 2 N–H and O–H groups in total. The van der Waals surface area contributed by atoms with Crippen LogP contribution in [0, 0.1) is 6.92 Å². The van der Waals surface area contributed by atoms with Crippen molar-refractivity contribution in [1.82, 2.24) is 15.2 Å². The Balaban J connectivity index is 1.86. The average molecular weight is 314 g/mol. The van der Waals surface area contributed by atoms with Crippen LogP contribution in [0.15, 0.2) is 42.1 Å². The summed E-state index contributed by atoms with van der Waals surface area (Å²) in [5.74, 6) is 0. The molecule has 0 radical (unpaired) electrons. The number of carbonyl (C=O) groups excluding carboxylic acids is 1. The number of nitrogens with one attached hydrogen (secondary N) is 2. The van der Waals surface area contributed by atoms with Crippen molar-refractivity contribution in [3.8, 4) is 0 Å². The fourth-order valence-corrected chi connectivity index (χ4v) is 2.52. The lowest BCUT2D eigenvalue weighted by Gasteiger charge is -2.25. The highest BCUT2D eigenvalue weighted by molar-refractivity contribution is 5.89. The second kappa shape index (κ2) is 8.48. The largest absolute Gasteiger partial charge is 0.336 e. The molecule has 0 aromatic carbocycles. The van der Waals surface area contributed by atoms with E-state index < -0.39 is 0 Å². The standard InChI is InChI=1S/C18H26N4O/c1-14-17(10-7-11-19-14)21-18(23)20-13-16(22(2)3)12-15-8-5-4-6-9-15/h5,7-11,16H,4,6,12-13H2,1-3H3,(H2,20,21,23). The summed E-state index contributed by atoms with van der Waals surface area (Å²) in [5.41, 5.74) is 2.90. The van der Waals surface area contributed by atoms with E-state index in [1.165, 1.54) is 5.57 Å². The molecule has 0 saturated carbocycles. The van der Waals surface area contributed by atoms with Crippen molar-refractivity contribution < 1.29 is 4.79 Å². The Kier molecular flexibility index (Phi) is 6.35. The average Bonchev–Trinajstić information content (AvgIpc) is 2.54. The molecule has 1 unspecified atom stereocenters. The van der Waals surface area contributed by atoms with Crippen molar-refractivity contribution in [2.24, 2.45) is 0 Å². The zero-order valence-electron chi connectivity index (χ0n) is 14.2. The molecular weight excluding hydrogens is 288 g/mol. The van der Waals surface area contributed by atoms with Gasteiger partial charge in [-0.25, -0.2) is 4.79 Å². The van der Waals surface area contributed by atoms with Crippen molar-refractivity contribution >= 4 is 11.7 Å². The molecule has 1 aliphatic rings. The number of urea groups is 1. The summed E-state index contributed by atoms with van der Waals surface area (Å²) in [6.07, 6.45) is 11.6. The van der Waals surface area contributed by atoms with E-state index in [2.05, 4.69) is 38.7 Å². The van der Waals surface area contributed by atoms with Gasteiger partial charge in [0, 0.05) is 18.8 Å². The number of carbonyl (C=O) groups is 1. The van der Waals surface area contributed by atoms with E-state index in [0.717, 1.165) is 30.6 Å². The topological polar surface area (TPSA) is 57.3 Å². The van der Waals surface area contributed by atoms with Crippen LogP contribution in [0.2, 0.25) is 0 Å². The van der Waals surface area contributed by atoms with Gasteiger partial charge in [-0.05, 0) is 52.4 Å². The maximum Gasteiger partial charge on any atom is 0.319 e. The van der Waals surface area contributed by atoms with E-state index >= 15 is 0 Å². The Hall–Kier alpha value is -2.14. The molecular formula is C18H26N4O. The lowest BCUT2D eigenvalue weighted by atomic mass is 9.99. The van der Waals surface area contributed by atoms with Gasteiger partial charge in [0.2, 0.25) is 0 Å². The summed E-state index contributed by atoms with van der Waals surface area (Å²) in [7, 11) is 4.09. The second-order valence-electron chi connectivity index (χ2n) is 6.05. The van der Waals surface area contributed by atoms with Gasteiger partial charge in [0.15, 0.2) is 0 Å². The maximum absolute atomic E-state index is 12.1. The number of rotatable bonds is 6. The van der Waals surface area contributed by atoms with E-state index in [4.69, 9.17) is 0 Å². The molecule has 1 aromatic rings. The molecule has 2 amide bonds. The third-order valence-corrected chi connectivity index (χ3v) is 4.03. The predicted molar refractivity (Wildman–Crippen MR) is 94.5 cm³/mol. The van der Waals surface area contributed by atoms with Gasteiger partial charge in [-0.1, -0.05) is 23.8 Å². The van der Waals surface area contributed by atoms with Gasteiger partial charge in [-0.2, -0.15) is 0 Å². The Labute approximate surface area is 138 Å². The number of anilines is 1. The Morgan fingerprint density at radius 2 is 2.22 bits per heavy atom. The van der Waals surface area contributed by atoms with Crippen LogP contribution in [0.4, 0.5) is 10.5 Å². The summed E-state index contributed by atoms with van der Waals surface area (Å²) in [6, 6.07) is 3.74. The highest BCUT2D eigenvalue weighted by Crippen LogP contribution is 2.16. The number of allylic oxidation sites excluding steroid dienone is 3. The quantitative estimate of drug-likeness (QED) is 0.848. The normalized spacial score (nSPS) is 15.2. The van der Waals surface area contributed by atoms with Gasteiger partial charge in [-0.15, -0.1) is 0 Å². The predicted octanol–water partition coefficient (Wildman–Crippen LogP) is 3.11. The SMILES string of the molecule is Cc1ncccc1NC(=O)NCC(CC1=CCCC=C1)N(C)C. The highest BCUT2D eigenvalue weighted by Gasteiger charge is 2.15. The van der Waals surface area contributed by atoms with Crippen molar-refractivity contribution in [3.05, 3.63) is 47.8 Å². The Morgan fingerprint density at radius 1 is 1.39 bits per heavy atom. The molecule has 5 nitrogen and oxygen atoms in total. The summed E-state index contributed by atoms with van der Waals surface area (Å²) in [4.78, 5) is 18.4. The van der Waals surface area contributed by atoms with Gasteiger partial charge >= 0.3 is 6.03 Å². The molecule has 124 valence electrons. The van der Waals surface area contributed by atoms with Crippen LogP contribution in [0.5, 0.6) is 0 Å². The highest BCUT2D eigenvalue weighted by atomic mass is 16.2. The molecule has 1 aromatic heterocycles. The van der Waals surface area contributed by atoms with Crippen molar-refractivity contribution in [3.63, 3.8) is 0 Å². The fourth-order valence-electron chi connectivity index (χ4n) is 2.52. The molecule has 1 aliphatic carbocycles. The number of likely N-dealkylation sites (N-methyl/N-ethyl adjacent to an activating group) is 1. The molecule has 0 aliphatic heterocycles. The number of hydrogen-bond acceptors (Lipinski definition) is 3. The van der Waals surface area contributed by atoms with Crippen molar-refractivity contribution in [2.45, 2.75) is 32.2 Å². The smallest absolute Gasteiger partial charge is 0.319 e. The van der Waals surface area contributed by atoms with E-state index in [1.54, 1.807) is 6.20 Å². The first-order valence-corrected chi connectivity index (χ1v) is 8.04. The number of amides is 2. The fraction of sp³-hybridized carbons (Fsp3) is 0.444. The number of pyridine rings is 1. The first kappa shape index (κ1) is 17.2. The van der Waals surface area contributed by atoms with Crippen LogP contribution in [-0.4, -0.2) is 42.6 Å². The monoisotopic (exact) mass is 314 g/mol. The first-order chi connectivity index (χ1) is 11.1. The van der Waals surface area contributed by atoms with Crippen LogP contribution >= 0.6 is 0 Å². The van der Waals surface area contributed by atoms with Crippen LogP contribution in [0.3, 0.4) is 0 Å². The summed E-state index contributed by atoms with van der Waals surface area (Å²) < 4.78 is 0. The van der Waals surface area contributed by atoms with Crippen molar-refractivity contribution in [2.75, 3.05) is 26.0 Å². The first-order valence-electron chi connectivity index (χ1n) is 8.04. The van der Waals surface area contributed by atoms with Crippen LogP contribution in [-0.2, 0) is 0 Å². The number of nitrogens with zero attached hydrogens (tertiary/aromatic N) is 2. The second-order valence-corrected chi connectivity index (χ2v) is 6.05. The van der Waals surface area contributed by atoms with Crippen LogP contribution in [0.25, 0.3) is 0 Å². The third kappa shape index (κ3) is 5.53. The number of aryl methyl sites for hydroxylation is 1. The van der Waals surface area contributed by atoms with Gasteiger partial charge < -0.3 is 15.5 Å². The molecule has 0 saturated heterocycles. The molecule has 5 heteroatoms. The molecule has 0 fully saturated rings. The molecule has 0 bridgehead atoms. The van der Waals surface area contributed by atoms with Crippen LogP contribution < -0.4 is 10.6 Å². The minimum absolute atomic E-state index is 0.193. The minimum atomic E-state index is -0.193. The summed E-state index contributed by atoms with van der Waals surface area (Å²) >= 11 is 0. The van der Waals surface area contributed by atoms with Gasteiger partial charge in [0.1, 0.15) is 0 Å².